The summed E-state index contributed by atoms with van der Waals surface area (Å²) in [5.41, 5.74) is 2.27. The molecule has 0 radical (unpaired) electrons. The van der Waals surface area contributed by atoms with E-state index in [0.717, 1.165) is 0 Å². The SMILES string of the molecule is CCOC(=O)c1ccc(NC(=O)CSc2ccc(-c3ccc([N+](=O)[O-])cc3)nn2)cc1. The summed E-state index contributed by atoms with van der Waals surface area (Å²) in [4.78, 5) is 34.1. The first-order chi connectivity index (χ1) is 15.0. The highest BCUT2D eigenvalue weighted by Gasteiger charge is 2.10. The Morgan fingerprint density at radius 2 is 1.74 bits per heavy atom. The standard InChI is InChI=1S/C21H18N4O5S/c1-2-30-21(27)15-3-7-16(8-4-15)22-19(26)13-31-20-12-11-18(23-24-20)14-5-9-17(10-6-14)25(28)29/h3-12H,2,13H2,1H3,(H,22,26). The zero-order valence-electron chi connectivity index (χ0n) is 16.5. The summed E-state index contributed by atoms with van der Waals surface area (Å²) in [6, 6.07) is 15.9. The Bertz CT molecular complexity index is 1070. The number of thioether (sulfide) groups is 1. The molecule has 3 rings (SSSR count). The number of nitrogens with zero attached hydrogens (tertiary/aromatic N) is 3. The van der Waals surface area contributed by atoms with Gasteiger partial charge in [-0.25, -0.2) is 4.79 Å². The van der Waals surface area contributed by atoms with E-state index in [2.05, 4.69) is 15.5 Å². The number of amides is 1. The molecule has 3 aromatic rings. The first-order valence-electron chi connectivity index (χ1n) is 9.24. The molecule has 10 heteroatoms. The van der Waals surface area contributed by atoms with Crippen molar-refractivity contribution in [3.05, 3.63) is 76.3 Å². The largest absolute Gasteiger partial charge is 0.462 e. The van der Waals surface area contributed by atoms with Crippen LogP contribution in [0.5, 0.6) is 0 Å². The number of ether oxygens (including phenoxy) is 1. The van der Waals surface area contributed by atoms with Gasteiger partial charge in [-0.2, -0.15) is 0 Å². The third-order valence-electron chi connectivity index (χ3n) is 4.04. The quantitative estimate of drug-likeness (QED) is 0.242. The maximum Gasteiger partial charge on any atom is 0.338 e. The van der Waals surface area contributed by atoms with Crippen molar-refractivity contribution >= 4 is 35.0 Å². The molecule has 1 N–H and O–H groups in total. The lowest BCUT2D eigenvalue weighted by Crippen LogP contribution is -2.14. The number of anilines is 1. The number of nitro benzene ring substituents is 1. The maximum atomic E-state index is 12.2. The van der Waals surface area contributed by atoms with Crippen molar-refractivity contribution in [2.45, 2.75) is 11.9 Å². The Morgan fingerprint density at radius 1 is 1.03 bits per heavy atom. The van der Waals surface area contributed by atoms with Crippen LogP contribution < -0.4 is 5.32 Å². The van der Waals surface area contributed by atoms with Crippen LogP contribution >= 0.6 is 11.8 Å². The molecule has 0 atom stereocenters. The first kappa shape index (κ1) is 21.9. The van der Waals surface area contributed by atoms with Crippen LogP contribution in [0.3, 0.4) is 0 Å². The van der Waals surface area contributed by atoms with E-state index < -0.39 is 10.9 Å². The zero-order valence-corrected chi connectivity index (χ0v) is 17.3. The fourth-order valence-corrected chi connectivity index (χ4v) is 3.16. The van der Waals surface area contributed by atoms with Crippen molar-refractivity contribution in [2.24, 2.45) is 0 Å². The number of esters is 1. The van der Waals surface area contributed by atoms with Gasteiger partial charge in [0, 0.05) is 23.4 Å². The molecule has 0 bridgehead atoms. The summed E-state index contributed by atoms with van der Waals surface area (Å²) < 4.78 is 4.92. The van der Waals surface area contributed by atoms with Gasteiger partial charge < -0.3 is 10.1 Å². The fraction of sp³-hybridized carbons (Fsp3) is 0.143. The molecule has 158 valence electrons. The van der Waals surface area contributed by atoms with Crippen LogP contribution in [0.2, 0.25) is 0 Å². The maximum absolute atomic E-state index is 12.2. The van der Waals surface area contributed by atoms with Crippen molar-refractivity contribution in [3.63, 3.8) is 0 Å². The molecule has 1 heterocycles. The number of nitro groups is 1. The smallest absolute Gasteiger partial charge is 0.338 e. The molecule has 0 unspecified atom stereocenters. The minimum atomic E-state index is -0.463. The van der Waals surface area contributed by atoms with Gasteiger partial charge in [-0.1, -0.05) is 11.8 Å². The van der Waals surface area contributed by atoms with E-state index in [1.165, 1.54) is 23.9 Å². The molecule has 0 fully saturated rings. The number of carbonyl (C=O) groups is 2. The molecule has 2 aromatic carbocycles. The Morgan fingerprint density at radius 3 is 2.32 bits per heavy atom. The Labute approximate surface area is 182 Å². The van der Waals surface area contributed by atoms with Crippen molar-refractivity contribution in [3.8, 4) is 11.3 Å². The minimum absolute atomic E-state index is 0.00503. The lowest BCUT2D eigenvalue weighted by Gasteiger charge is -2.06. The first-order valence-corrected chi connectivity index (χ1v) is 10.2. The van der Waals surface area contributed by atoms with E-state index in [4.69, 9.17) is 4.74 Å². The van der Waals surface area contributed by atoms with Crippen LogP contribution in [0.4, 0.5) is 11.4 Å². The van der Waals surface area contributed by atoms with Crippen LogP contribution in [-0.4, -0.2) is 39.4 Å². The fourth-order valence-electron chi connectivity index (χ4n) is 2.55. The van der Waals surface area contributed by atoms with Crippen molar-refractivity contribution in [2.75, 3.05) is 17.7 Å². The summed E-state index contributed by atoms with van der Waals surface area (Å²) >= 11 is 1.22. The lowest BCUT2D eigenvalue weighted by atomic mass is 10.1. The highest BCUT2D eigenvalue weighted by Crippen LogP contribution is 2.22. The highest BCUT2D eigenvalue weighted by molar-refractivity contribution is 7.99. The molecule has 0 saturated carbocycles. The Kier molecular flexibility index (Phi) is 7.28. The van der Waals surface area contributed by atoms with Gasteiger partial charge in [0.1, 0.15) is 5.03 Å². The van der Waals surface area contributed by atoms with Gasteiger partial charge in [-0.05, 0) is 55.5 Å². The van der Waals surface area contributed by atoms with E-state index in [1.54, 1.807) is 55.5 Å². The second-order valence-electron chi connectivity index (χ2n) is 6.20. The van der Waals surface area contributed by atoms with Crippen molar-refractivity contribution in [1.29, 1.82) is 0 Å². The second-order valence-corrected chi connectivity index (χ2v) is 7.19. The van der Waals surface area contributed by atoms with E-state index in [0.29, 0.717) is 34.1 Å². The predicted molar refractivity (Wildman–Crippen MR) is 116 cm³/mol. The molecule has 1 amide bonds. The molecular weight excluding hydrogens is 420 g/mol. The number of non-ortho nitro benzene ring substituents is 1. The van der Waals surface area contributed by atoms with Gasteiger partial charge in [-0.15, -0.1) is 10.2 Å². The molecule has 0 aliphatic carbocycles. The Balaban J connectivity index is 1.52. The average molecular weight is 438 g/mol. The number of hydrogen-bond acceptors (Lipinski definition) is 8. The normalized spacial score (nSPS) is 10.4. The van der Waals surface area contributed by atoms with Gasteiger partial charge in [0.05, 0.1) is 28.5 Å². The molecule has 0 spiro atoms. The van der Waals surface area contributed by atoms with Crippen LogP contribution in [0.25, 0.3) is 11.3 Å². The number of nitrogens with one attached hydrogen (secondary N) is 1. The topological polar surface area (TPSA) is 124 Å². The average Bonchev–Trinajstić information content (AvgIpc) is 2.79. The molecule has 0 saturated heterocycles. The summed E-state index contributed by atoms with van der Waals surface area (Å²) in [5.74, 6) is -0.507. The van der Waals surface area contributed by atoms with Crippen LogP contribution in [0.1, 0.15) is 17.3 Å². The predicted octanol–water partition coefficient (Wildman–Crippen LogP) is 3.96. The van der Waals surface area contributed by atoms with Crippen LogP contribution in [0, 0.1) is 10.1 Å². The van der Waals surface area contributed by atoms with Crippen molar-refractivity contribution < 1.29 is 19.2 Å². The second kappa shape index (κ2) is 10.3. The molecule has 31 heavy (non-hydrogen) atoms. The number of aromatic nitrogens is 2. The number of hydrogen-bond donors (Lipinski definition) is 1. The highest BCUT2D eigenvalue weighted by atomic mass is 32.2. The summed E-state index contributed by atoms with van der Waals surface area (Å²) in [6.45, 7) is 2.03. The van der Waals surface area contributed by atoms with E-state index in [1.807, 2.05) is 0 Å². The van der Waals surface area contributed by atoms with E-state index in [9.17, 15) is 19.7 Å². The monoisotopic (exact) mass is 438 g/mol. The summed E-state index contributed by atoms with van der Waals surface area (Å²) in [7, 11) is 0. The molecule has 0 aliphatic rings. The van der Waals surface area contributed by atoms with Gasteiger partial charge in [-0.3, -0.25) is 14.9 Å². The van der Waals surface area contributed by atoms with Crippen molar-refractivity contribution in [1.82, 2.24) is 10.2 Å². The van der Waals surface area contributed by atoms with Crippen LogP contribution in [-0.2, 0) is 9.53 Å². The molecule has 0 aliphatic heterocycles. The van der Waals surface area contributed by atoms with Gasteiger partial charge in [0.25, 0.3) is 5.69 Å². The van der Waals surface area contributed by atoms with Gasteiger partial charge >= 0.3 is 5.97 Å². The van der Waals surface area contributed by atoms with Gasteiger partial charge in [0.2, 0.25) is 5.91 Å². The number of benzene rings is 2. The van der Waals surface area contributed by atoms with E-state index >= 15 is 0 Å². The molecule has 1 aromatic heterocycles. The minimum Gasteiger partial charge on any atom is -0.462 e. The summed E-state index contributed by atoms with van der Waals surface area (Å²) in [6.07, 6.45) is 0. The Hall–Kier alpha value is -3.79. The van der Waals surface area contributed by atoms with Crippen LogP contribution in [0.15, 0.2) is 65.7 Å². The third kappa shape index (κ3) is 6.09. The zero-order chi connectivity index (χ0) is 22.2. The summed E-state index contributed by atoms with van der Waals surface area (Å²) in [5, 5.41) is 22.2. The van der Waals surface area contributed by atoms with Gasteiger partial charge in [0.15, 0.2) is 0 Å². The third-order valence-corrected chi connectivity index (χ3v) is 4.96. The van der Waals surface area contributed by atoms with E-state index in [-0.39, 0.29) is 17.3 Å². The molecule has 9 nitrogen and oxygen atoms in total. The molecular formula is C21H18N4O5S. The lowest BCUT2D eigenvalue weighted by molar-refractivity contribution is -0.384. The number of carbonyl (C=O) groups excluding carboxylic acids is 2. The number of rotatable bonds is 8.